The maximum absolute atomic E-state index is 10.0. The van der Waals surface area contributed by atoms with Gasteiger partial charge in [-0.2, -0.15) is 0 Å². The van der Waals surface area contributed by atoms with Crippen molar-refractivity contribution in [2.75, 3.05) is 18.0 Å². The minimum Gasteiger partial charge on any atom is -0.387 e. The molecule has 1 aliphatic heterocycles. The lowest BCUT2D eigenvalue weighted by Crippen LogP contribution is -2.24. The van der Waals surface area contributed by atoms with Crippen LogP contribution in [0.1, 0.15) is 62.6 Å². The molecule has 0 radical (unpaired) electrons. The molecule has 3 nitrogen and oxygen atoms in total. The highest BCUT2D eigenvalue weighted by molar-refractivity contribution is 7.15. The third-order valence-corrected chi connectivity index (χ3v) is 5.72. The molecule has 4 heteroatoms. The Morgan fingerprint density at radius 1 is 1.26 bits per heavy atom. The monoisotopic (exact) mass is 280 g/mol. The number of hydrogen-bond donors (Lipinski definition) is 1. The van der Waals surface area contributed by atoms with Crippen molar-refractivity contribution in [3.05, 3.63) is 10.6 Å². The zero-order valence-electron chi connectivity index (χ0n) is 12.0. The van der Waals surface area contributed by atoms with Crippen LogP contribution in [0.15, 0.2) is 0 Å². The average molecular weight is 280 g/mol. The van der Waals surface area contributed by atoms with Crippen molar-refractivity contribution < 1.29 is 5.11 Å². The second-order valence-electron chi connectivity index (χ2n) is 6.72. The number of aromatic nitrogens is 1. The number of aliphatic hydroxyl groups is 1. The Morgan fingerprint density at radius 3 is 2.89 bits per heavy atom. The lowest BCUT2D eigenvalue weighted by atomic mass is 9.85. The molecular formula is C15H24N2OS. The first-order valence-electron chi connectivity index (χ1n) is 7.48. The van der Waals surface area contributed by atoms with Crippen molar-refractivity contribution in [3.8, 4) is 0 Å². The van der Waals surface area contributed by atoms with E-state index in [1.165, 1.54) is 24.1 Å². The van der Waals surface area contributed by atoms with Gasteiger partial charge in [-0.05, 0) is 43.9 Å². The first-order chi connectivity index (χ1) is 9.05. The summed E-state index contributed by atoms with van der Waals surface area (Å²) < 4.78 is 0. The minimum atomic E-state index is -0.322. The second-order valence-corrected chi connectivity index (χ2v) is 7.78. The molecule has 0 saturated carbocycles. The van der Waals surface area contributed by atoms with Crippen LogP contribution < -0.4 is 4.90 Å². The average Bonchev–Trinajstić information content (AvgIpc) is 2.70. The number of hydrogen-bond acceptors (Lipinski definition) is 4. The van der Waals surface area contributed by atoms with Crippen LogP contribution >= 0.6 is 11.3 Å². The molecule has 1 saturated heterocycles. The summed E-state index contributed by atoms with van der Waals surface area (Å²) in [7, 11) is 0. The summed E-state index contributed by atoms with van der Waals surface area (Å²) in [6.07, 6.45) is 6.55. The Balaban J connectivity index is 1.79. The number of anilines is 1. The topological polar surface area (TPSA) is 36.4 Å². The number of aryl methyl sites for hydroxylation is 1. The minimum absolute atomic E-state index is 0.322. The van der Waals surface area contributed by atoms with Gasteiger partial charge < -0.3 is 10.0 Å². The van der Waals surface area contributed by atoms with Crippen molar-refractivity contribution in [2.45, 2.75) is 58.5 Å². The van der Waals surface area contributed by atoms with Crippen molar-refractivity contribution in [1.82, 2.24) is 4.98 Å². The summed E-state index contributed by atoms with van der Waals surface area (Å²) >= 11 is 1.81. The van der Waals surface area contributed by atoms with Crippen molar-refractivity contribution in [1.29, 1.82) is 0 Å². The molecule has 2 heterocycles. The molecule has 1 atom stereocenters. The van der Waals surface area contributed by atoms with E-state index in [1.54, 1.807) is 0 Å². The molecule has 1 aliphatic carbocycles. The van der Waals surface area contributed by atoms with Gasteiger partial charge in [-0.3, -0.25) is 0 Å². The van der Waals surface area contributed by atoms with Crippen LogP contribution in [-0.2, 0) is 6.42 Å². The maximum Gasteiger partial charge on any atom is 0.185 e. The predicted octanol–water partition coefficient (Wildman–Crippen LogP) is 3.53. The number of thiazole rings is 1. The maximum atomic E-state index is 10.0. The van der Waals surface area contributed by atoms with Gasteiger partial charge in [0, 0.05) is 18.0 Å². The third kappa shape index (κ3) is 2.79. The molecule has 1 aromatic rings. The number of aliphatic hydroxyl groups excluding tert-OH is 1. The van der Waals surface area contributed by atoms with Crippen molar-refractivity contribution in [2.24, 2.45) is 5.41 Å². The van der Waals surface area contributed by atoms with E-state index in [1.807, 2.05) is 11.3 Å². The van der Waals surface area contributed by atoms with E-state index in [2.05, 4.69) is 18.7 Å². The van der Waals surface area contributed by atoms with E-state index >= 15 is 0 Å². The summed E-state index contributed by atoms with van der Waals surface area (Å²) in [5.74, 6) is 0. The van der Waals surface area contributed by atoms with Crippen LogP contribution in [0.2, 0.25) is 0 Å². The highest BCUT2D eigenvalue weighted by atomic mass is 32.1. The Morgan fingerprint density at radius 2 is 2.11 bits per heavy atom. The molecule has 0 spiro atoms. The standard InChI is InChI=1S/C15H24N2OS/c1-15(2)7-4-9-17(10-8-15)14-16-13-11(18)5-3-6-12(13)19-14/h11,18H,3-10H2,1-2H3. The summed E-state index contributed by atoms with van der Waals surface area (Å²) in [5.41, 5.74) is 1.43. The Bertz CT molecular complexity index is 455. The fraction of sp³-hybridized carbons (Fsp3) is 0.800. The summed E-state index contributed by atoms with van der Waals surface area (Å²) in [5, 5.41) is 11.2. The predicted molar refractivity (Wildman–Crippen MR) is 79.9 cm³/mol. The van der Waals surface area contributed by atoms with Crippen LogP contribution in [0.4, 0.5) is 5.13 Å². The van der Waals surface area contributed by atoms with Crippen LogP contribution in [0.3, 0.4) is 0 Å². The lowest BCUT2D eigenvalue weighted by molar-refractivity contribution is 0.153. The van der Waals surface area contributed by atoms with Gasteiger partial charge in [0.05, 0.1) is 11.8 Å². The van der Waals surface area contributed by atoms with Gasteiger partial charge in [0.2, 0.25) is 0 Å². The highest BCUT2D eigenvalue weighted by Gasteiger charge is 2.27. The Kier molecular flexibility index (Phi) is 3.56. The first kappa shape index (κ1) is 13.4. The molecule has 106 valence electrons. The van der Waals surface area contributed by atoms with Gasteiger partial charge in [-0.15, -0.1) is 11.3 Å². The van der Waals surface area contributed by atoms with Gasteiger partial charge in [0.25, 0.3) is 0 Å². The first-order valence-corrected chi connectivity index (χ1v) is 8.29. The quantitative estimate of drug-likeness (QED) is 0.855. The summed E-state index contributed by atoms with van der Waals surface area (Å²) in [6, 6.07) is 0. The summed E-state index contributed by atoms with van der Waals surface area (Å²) in [4.78, 5) is 8.49. The second kappa shape index (κ2) is 5.06. The van der Waals surface area contributed by atoms with E-state index in [0.717, 1.165) is 43.2 Å². The molecule has 1 aromatic heterocycles. The zero-order chi connectivity index (χ0) is 13.5. The van der Waals surface area contributed by atoms with Crippen LogP contribution in [0, 0.1) is 5.41 Å². The number of nitrogens with zero attached hydrogens (tertiary/aromatic N) is 2. The van der Waals surface area contributed by atoms with Crippen LogP contribution in [-0.4, -0.2) is 23.2 Å². The van der Waals surface area contributed by atoms with E-state index in [9.17, 15) is 5.11 Å². The fourth-order valence-corrected chi connectivity index (χ4v) is 4.34. The van der Waals surface area contributed by atoms with Gasteiger partial charge in [-0.25, -0.2) is 4.98 Å². The Labute approximate surface area is 119 Å². The molecule has 1 N–H and O–H groups in total. The van der Waals surface area contributed by atoms with E-state index in [0.29, 0.717) is 5.41 Å². The van der Waals surface area contributed by atoms with E-state index in [4.69, 9.17) is 4.98 Å². The summed E-state index contributed by atoms with van der Waals surface area (Å²) in [6.45, 7) is 6.96. The van der Waals surface area contributed by atoms with Gasteiger partial charge in [0.15, 0.2) is 5.13 Å². The van der Waals surface area contributed by atoms with Crippen LogP contribution in [0.25, 0.3) is 0 Å². The fourth-order valence-electron chi connectivity index (χ4n) is 3.13. The highest BCUT2D eigenvalue weighted by Crippen LogP contribution is 2.38. The van der Waals surface area contributed by atoms with Crippen molar-refractivity contribution >= 4 is 16.5 Å². The Hall–Kier alpha value is -0.610. The molecule has 0 aromatic carbocycles. The molecule has 1 fully saturated rings. The number of fused-ring (bicyclic) bond motifs is 1. The largest absolute Gasteiger partial charge is 0.387 e. The third-order valence-electron chi connectivity index (χ3n) is 4.52. The molecular weight excluding hydrogens is 256 g/mol. The lowest BCUT2D eigenvalue weighted by Gasteiger charge is -2.22. The normalized spacial score (nSPS) is 26.9. The number of rotatable bonds is 1. The van der Waals surface area contributed by atoms with E-state index in [-0.39, 0.29) is 6.10 Å². The zero-order valence-corrected chi connectivity index (χ0v) is 12.8. The SMILES string of the molecule is CC1(C)CCCN(c2nc3c(s2)CCCC3O)CC1. The molecule has 1 unspecified atom stereocenters. The van der Waals surface area contributed by atoms with Gasteiger partial charge in [0.1, 0.15) is 0 Å². The molecule has 2 aliphatic rings. The van der Waals surface area contributed by atoms with Crippen LogP contribution in [0.5, 0.6) is 0 Å². The smallest absolute Gasteiger partial charge is 0.185 e. The molecule has 0 amide bonds. The molecule has 19 heavy (non-hydrogen) atoms. The van der Waals surface area contributed by atoms with Gasteiger partial charge >= 0.3 is 0 Å². The van der Waals surface area contributed by atoms with Crippen molar-refractivity contribution in [3.63, 3.8) is 0 Å². The van der Waals surface area contributed by atoms with E-state index < -0.39 is 0 Å². The molecule has 0 bridgehead atoms. The van der Waals surface area contributed by atoms with Gasteiger partial charge in [-0.1, -0.05) is 13.8 Å². The molecule has 3 rings (SSSR count).